The van der Waals surface area contributed by atoms with E-state index in [1.807, 2.05) is 42.5 Å². The number of rotatable bonds is 8. The first-order valence-corrected chi connectivity index (χ1v) is 14.2. The van der Waals surface area contributed by atoms with Crippen LogP contribution in [-0.4, -0.2) is 30.6 Å². The average Bonchev–Trinajstić information content (AvgIpc) is 3.60. The van der Waals surface area contributed by atoms with Crippen LogP contribution >= 0.6 is 0 Å². The van der Waals surface area contributed by atoms with E-state index in [2.05, 4.69) is 0 Å². The molecule has 41 heavy (non-hydrogen) atoms. The maximum absolute atomic E-state index is 14.1. The third kappa shape index (κ3) is 4.75. The van der Waals surface area contributed by atoms with Crippen molar-refractivity contribution in [2.45, 2.75) is 17.6 Å². The van der Waals surface area contributed by atoms with Crippen LogP contribution in [0, 0.1) is 0 Å². The lowest BCUT2D eigenvalue weighted by atomic mass is 10.1. The van der Waals surface area contributed by atoms with Gasteiger partial charge in [-0.25, -0.2) is 17.2 Å². The second kappa shape index (κ2) is 10.6. The Balaban J connectivity index is 1.59. The average molecular weight is 568 g/mol. The van der Waals surface area contributed by atoms with E-state index in [1.54, 1.807) is 54.6 Å². The molecule has 206 valence electrons. The molecule has 0 saturated carbocycles. The van der Waals surface area contributed by atoms with Crippen molar-refractivity contribution in [3.05, 3.63) is 132 Å². The van der Waals surface area contributed by atoms with Gasteiger partial charge in [-0.1, -0.05) is 66.7 Å². The first-order valence-electron chi connectivity index (χ1n) is 12.8. The number of ether oxygens (including phenoxy) is 2. The van der Waals surface area contributed by atoms with Gasteiger partial charge >= 0.3 is 5.97 Å². The number of hydrogen-bond donors (Lipinski definition) is 1. The number of esters is 1. The monoisotopic (exact) mass is 567 g/mol. The summed E-state index contributed by atoms with van der Waals surface area (Å²) in [5, 5.41) is 12.7. The summed E-state index contributed by atoms with van der Waals surface area (Å²) in [7, 11) is -3.10. The molecule has 0 spiro atoms. The third-order valence-corrected chi connectivity index (χ3v) is 8.57. The minimum atomic E-state index is -4.30. The first-order chi connectivity index (χ1) is 19.9. The van der Waals surface area contributed by atoms with Crippen LogP contribution in [0.25, 0.3) is 21.9 Å². The molecule has 1 unspecified atom stereocenters. The number of aromatic nitrogens is 1. The molecule has 0 aliphatic heterocycles. The van der Waals surface area contributed by atoms with Crippen molar-refractivity contribution >= 4 is 37.9 Å². The number of furan rings is 1. The van der Waals surface area contributed by atoms with E-state index in [-0.39, 0.29) is 39.4 Å². The summed E-state index contributed by atoms with van der Waals surface area (Å²) in [6, 6.07) is 30.9. The normalized spacial score (nSPS) is 12.4. The summed E-state index contributed by atoms with van der Waals surface area (Å²) in [5.41, 5.74) is 1.30. The van der Waals surface area contributed by atoms with Crippen LogP contribution in [0.4, 0.5) is 0 Å². The first kappa shape index (κ1) is 26.4. The Morgan fingerprint density at radius 1 is 0.902 bits per heavy atom. The number of carbonyl (C=O) groups excluding carboxylic acids is 1. The zero-order valence-corrected chi connectivity index (χ0v) is 22.7. The zero-order chi connectivity index (χ0) is 28.6. The van der Waals surface area contributed by atoms with Crippen molar-refractivity contribution in [2.75, 3.05) is 7.11 Å². The predicted octanol–water partition coefficient (Wildman–Crippen LogP) is 6.07. The molecule has 1 N–H and O–H groups in total. The van der Waals surface area contributed by atoms with E-state index in [0.29, 0.717) is 16.7 Å². The van der Waals surface area contributed by atoms with Crippen LogP contribution in [0.5, 0.6) is 5.75 Å². The molecule has 6 rings (SSSR count). The molecule has 0 radical (unpaired) electrons. The SMILES string of the molecule is COC(=O)c1c(C(O)c2cc3ccccc3o2)n(S(=O)(=O)c2ccccc2)c2ccc(OCc3ccccc3)cc12. The van der Waals surface area contributed by atoms with E-state index < -0.39 is 22.1 Å². The van der Waals surface area contributed by atoms with Crippen LogP contribution in [0.3, 0.4) is 0 Å². The van der Waals surface area contributed by atoms with Crippen molar-refractivity contribution in [3.63, 3.8) is 0 Å². The highest BCUT2D eigenvalue weighted by Gasteiger charge is 2.35. The van der Waals surface area contributed by atoms with E-state index in [0.717, 1.165) is 9.54 Å². The van der Waals surface area contributed by atoms with E-state index in [9.17, 15) is 18.3 Å². The van der Waals surface area contributed by atoms with Gasteiger partial charge in [0.05, 0.1) is 28.8 Å². The predicted molar refractivity (Wildman–Crippen MR) is 153 cm³/mol. The Hall–Kier alpha value is -4.86. The van der Waals surface area contributed by atoms with Gasteiger partial charge in [0.15, 0.2) is 6.10 Å². The van der Waals surface area contributed by atoms with Crippen molar-refractivity contribution in [2.24, 2.45) is 0 Å². The van der Waals surface area contributed by atoms with Crippen LogP contribution in [0.15, 0.2) is 119 Å². The summed E-state index contributed by atoms with van der Waals surface area (Å²) in [5.74, 6) is -0.336. The number of aliphatic hydroxyl groups is 1. The van der Waals surface area contributed by atoms with Gasteiger partial charge in [-0.15, -0.1) is 0 Å². The third-order valence-electron chi connectivity index (χ3n) is 6.82. The molecule has 0 saturated heterocycles. The van der Waals surface area contributed by atoms with Crippen molar-refractivity contribution in [1.29, 1.82) is 0 Å². The van der Waals surface area contributed by atoms with Gasteiger partial charge in [0.1, 0.15) is 23.7 Å². The molecule has 0 amide bonds. The van der Waals surface area contributed by atoms with Gasteiger partial charge in [0, 0.05) is 10.8 Å². The Kier molecular flexibility index (Phi) is 6.82. The minimum Gasteiger partial charge on any atom is -0.489 e. The standard InChI is InChI=1S/C32H25NO7S/c1-38-32(35)29-25-19-23(39-20-21-10-4-2-5-11-21)16-17-26(25)33(41(36,37)24-13-6-3-7-14-24)30(29)31(34)28-18-22-12-8-9-15-27(22)40-28/h2-19,31,34H,20H2,1H3. The molecule has 0 fully saturated rings. The molecule has 2 aromatic heterocycles. The molecule has 2 heterocycles. The van der Waals surface area contributed by atoms with Crippen LogP contribution in [-0.2, 0) is 21.4 Å². The molecule has 1 atom stereocenters. The Labute approximate surface area is 236 Å². The lowest BCUT2D eigenvalue weighted by Gasteiger charge is -2.16. The maximum atomic E-state index is 14.1. The highest BCUT2D eigenvalue weighted by molar-refractivity contribution is 7.90. The van der Waals surface area contributed by atoms with Gasteiger partial charge < -0.3 is 19.0 Å². The number of aliphatic hydroxyl groups excluding tert-OH is 1. The molecule has 0 aliphatic rings. The Morgan fingerprint density at radius 3 is 2.29 bits per heavy atom. The van der Waals surface area contributed by atoms with Crippen molar-refractivity contribution in [1.82, 2.24) is 3.97 Å². The quantitative estimate of drug-likeness (QED) is 0.222. The second-order valence-electron chi connectivity index (χ2n) is 9.38. The zero-order valence-electron chi connectivity index (χ0n) is 21.9. The van der Waals surface area contributed by atoms with E-state index >= 15 is 0 Å². The van der Waals surface area contributed by atoms with Crippen LogP contribution < -0.4 is 4.74 Å². The molecule has 0 aliphatic carbocycles. The highest BCUT2D eigenvalue weighted by Crippen LogP contribution is 2.39. The van der Waals surface area contributed by atoms with Gasteiger partial charge in [-0.2, -0.15) is 0 Å². The largest absolute Gasteiger partial charge is 0.489 e. The minimum absolute atomic E-state index is 0.0178. The van der Waals surface area contributed by atoms with Crippen molar-refractivity contribution in [3.8, 4) is 5.75 Å². The lowest BCUT2D eigenvalue weighted by molar-refractivity contribution is 0.0596. The van der Waals surface area contributed by atoms with Crippen LogP contribution in [0.1, 0.15) is 33.5 Å². The molecule has 6 aromatic rings. The summed E-state index contributed by atoms with van der Waals surface area (Å²) < 4.78 is 46.2. The maximum Gasteiger partial charge on any atom is 0.340 e. The number of nitrogens with zero attached hydrogens (tertiary/aromatic N) is 1. The highest BCUT2D eigenvalue weighted by atomic mass is 32.2. The van der Waals surface area contributed by atoms with Gasteiger partial charge in [0.25, 0.3) is 10.0 Å². The second-order valence-corrected chi connectivity index (χ2v) is 11.2. The van der Waals surface area contributed by atoms with Gasteiger partial charge in [-0.3, -0.25) is 0 Å². The molecule has 9 heteroatoms. The fourth-order valence-electron chi connectivity index (χ4n) is 4.89. The number of carbonyl (C=O) groups is 1. The lowest BCUT2D eigenvalue weighted by Crippen LogP contribution is -2.20. The fourth-order valence-corrected chi connectivity index (χ4v) is 6.47. The molecular weight excluding hydrogens is 542 g/mol. The number of fused-ring (bicyclic) bond motifs is 2. The number of hydrogen-bond acceptors (Lipinski definition) is 7. The van der Waals surface area contributed by atoms with E-state index in [1.165, 1.54) is 19.2 Å². The molecule has 0 bridgehead atoms. The summed E-state index contributed by atoms with van der Waals surface area (Å²) in [4.78, 5) is 13.3. The molecule has 4 aromatic carbocycles. The summed E-state index contributed by atoms with van der Waals surface area (Å²) >= 11 is 0. The smallest absolute Gasteiger partial charge is 0.340 e. The number of para-hydroxylation sites is 1. The van der Waals surface area contributed by atoms with Crippen molar-refractivity contribution < 1.29 is 32.2 Å². The topological polar surface area (TPSA) is 108 Å². The fraction of sp³-hybridized carbons (Fsp3) is 0.0938. The summed E-state index contributed by atoms with van der Waals surface area (Å²) in [6.45, 7) is 0.261. The van der Waals surface area contributed by atoms with Crippen LogP contribution in [0.2, 0.25) is 0 Å². The summed E-state index contributed by atoms with van der Waals surface area (Å²) in [6.07, 6.45) is -1.63. The Morgan fingerprint density at radius 2 is 1.59 bits per heavy atom. The molecular formula is C32H25NO7S. The molecule has 8 nitrogen and oxygen atoms in total. The number of benzene rings is 4. The van der Waals surface area contributed by atoms with E-state index in [4.69, 9.17) is 13.9 Å². The number of methoxy groups -OCH3 is 1. The van der Waals surface area contributed by atoms with Gasteiger partial charge in [-0.05, 0) is 48.0 Å². The Bertz CT molecular complexity index is 1940. The van der Waals surface area contributed by atoms with Gasteiger partial charge in [0.2, 0.25) is 0 Å².